The van der Waals surface area contributed by atoms with Crippen LogP contribution in [0.25, 0.3) is 11.3 Å². The number of imidazole rings is 1. The fourth-order valence-corrected chi connectivity index (χ4v) is 3.27. The van der Waals surface area contributed by atoms with Crippen molar-refractivity contribution < 1.29 is 14.6 Å². The van der Waals surface area contributed by atoms with Crippen LogP contribution in [0.1, 0.15) is 83.6 Å². The van der Waals surface area contributed by atoms with Gasteiger partial charge in [0.2, 0.25) is 0 Å². The standard InChI is InChI=1S/C24H37N3O3/c1-5-6-7-8-9-10-11-18-12-14-19(15-13-18)20-16-25-22(26-20)21(17-28)27-23(29)30-24(2,3)4/h12-16,21,28H,5-11,17H2,1-4H3,(H,25,26)(H,27,29)/t21-/m0/s1. The number of alkyl carbamates (subject to hydrolysis) is 1. The molecule has 1 amide bonds. The van der Waals surface area contributed by atoms with Crippen LogP contribution in [0.4, 0.5) is 4.79 Å². The molecule has 0 saturated carbocycles. The number of aryl methyl sites for hydroxylation is 1. The molecule has 1 atom stereocenters. The summed E-state index contributed by atoms with van der Waals surface area (Å²) in [5, 5.41) is 12.3. The lowest BCUT2D eigenvalue weighted by Crippen LogP contribution is -2.36. The number of nitrogens with zero attached hydrogens (tertiary/aromatic N) is 1. The molecule has 1 aromatic carbocycles. The van der Waals surface area contributed by atoms with Crippen molar-refractivity contribution in [2.75, 3.05) is 6.61 Å². The van der Waals surface area contributed by atoms with Crippen molar-refractivity contribution in [3.05, 3.63) is 41.9 Å². The Hall–Kier alpha value is -2.34. The second-order valence-electron chi connectivity index (χ2n) is 8.78. The van der Waals surface area contributed by atoms with Crippen LogP contribution in [0.2, 0.25) is 0 Å². The number of nitrogens with one attached hydrogen (secondary N) is 2. The van der Waals surface area contributed by atoms with Crippen LogP contribution in [-0.4, -0.2) is 33.4 Å². The number of H-pyrrole nitrogens is 1. The monoisotopic (exact) mass is 415 g/mol. The fourth-order valence-electron chi connectivity index (χ4n) is 3.27. The first-order valence-corrected chi connectivity index (χ1v) is 11.1. The zero-order valence-electron chi connectivity index (χ0n) is 18.8. The molecule has 166 valence electrons. The maximum atomic E-state index is 12.0. The molecular weight excluding hydrogens is 378 g/mol. The van der Waals surface area contributed by atoms with E-state index in [-0.39, 0.29) is 6.61 Å². The Morgan fingerprint density at radius 1 is 1.13 bits per heavy atom. The van der Waals surface area contributed by atoms with Gasteiger partial charge in [-0.05, 0) is 44.7 Å². The third kappa shape index (κ3) is 8.19. The van der Waals surface area contributed by atoms with Crippen molar-refractivity contribution in [1.82, 2.24) is 15.3 Å². The zero-order chi connectivity index (χ0) is 22.0. The summed E-state index contributed by atoms with van der Waals surface area (Å²) in [7, 11) is 0. The summed E-state index contributed by atoms with van der Waals surface area (Å²) in [5.41, 5.74) is 2.61. The minimum absolute atomic E-state index is 0.274. The number of carbonyl (C=O) groups is 1. The van der Waals surface area contributed by atoms with E-state index in [1.54, 1.807) is 27.0 Å². The van der Waals surface area contributed by atoms with E-state index in [1.807, 2.05) is 0 Å². The smallest absolute Gasteiger partial charge is 0.408 e. The SMILES string of the molecule is CCCCCCCCc1ccc(-c2cnc([C@H](CO)NC(=O)OC(C)(C)C)[nH]2)cc1. The van der Waals surface area contributed by atoms with Crippen LogP contribution >= 0.6 is 0 Å². The number of aliphatic hydroxyl groups is 1. The number of rotatable bonds is 11. The Balaban J connectivity index is 1.90. The molecule has 6 heteroatoms. The molecule has 1 heterocycles. The first-order valence-electron chi connectivity index (χ1n) is 11.1. The van der Waals surface area contributed by atoms with Crippen LogP contribution in [0.15, 0.2) is 30.5 Å². The van der Waals surface area contributed by atoms with Gasteiger partial charge in [0.05, 0.1) is 18.5 Å². The first kappa shape index (κ1) is 23.9. The molecular formula is C24H37N3O3. The van der Waals surface area contributed by atoms with Crippen molar-refractivity contribution in [2.24, 2.45) is 0 Å². The molecule has 1 aromatic heterocycles. The first-order chi connectivity index (χ1) is 14.3. The molecule has 0 aliphatic heterocycles. The maximum absolute atomic E-state index is 12.0. The van der Waals surface area contributed by atoms with E-state index in [9.17, 15) is 9.90 Å². The van der Waals surface area contributed by atoms with Gasteiger partial charge in [-0.15, -0.1) is 0 Å². The number of hydrogen-bond acceptors (Lipinski definition) is 4. The van der Waals surface area contributed by atoms with Gasteiger partial charge >= 0.3 is 6.09 Å². The number of benzene rings is 1. The number of hydrogen-bond donors (Lipinski definition) is 3. The van der Waals surface area contributed by atoms with Gasteiger partial charge in [-0.25, -0.2) is 9.78 Å². The van der Waals surface area contributed by atoms with Crippen molar-refractivity contribution in [1.29, 1.82) is 0 Å². The van der Waals surface area contributed by atoms with Crippen LogP contribution in [-0.2, 0) is 11.2 Å². The van der Waals surface area contributed by atoms with Gasteiger partial charge in [0, 0.05) is 0 Å². The van der Waals surface area contributed by atoms with Crippen LogP contribution in [0.3, 0.4) is 0 Å². The van der Waals surface area contributed by atoms with E-state index < -0.39 is 17.7 Å². The highest BCUT2D eigenvalue weighted by Crippen LogP contribution is 2.21. The van der Waals surface area contributed by atoms with E-state index in [0.29, 0.717) is 5.82 Å². The van der Waals surface area contributed by atoms with Gasteiger partial charge in [0.15, 0.2) is 0 Å². The number of carbonyl (C=O) groups excluding carboxylic acids is 1. The van der Waals surface area contributed by atoms with Crippen LogP contribution in [0.5, 0.6) is 0 Å². The van der Waals surface area contributed by atoms with E-state index in [4.69, 9.17) is 4.74 Å². The highest BCUT2D eigenvalue weighted by atomic mass is 16.6. The minimum Gasteiger partial charge on any atom is -0.444 e. The Morgan fingerprint density at radius 2 is 1.80 bits per heavy atom. The largest absolute Gasteiger partial charge is 0.444 e. The van der Waals surface area contributed by atoms with Gasteiger partial charge in [-0.3, -0.25) is 0 Å². The minimum atomic E-state index is -0.652. The number of aromatic amines is 1. The Bertz CT molecular complexity index is 763. The normalized spacial score (nSPS) is 12.6. The molecule has 0 saturated heterocycles. The molecule has 0 bridgehead atoms. The molecule has 0 aliphatic rings. The average Bonchev–Trinajstić information content (AvgIpc) is 3.18. The summed E-state index contributed by atoms with van der Waals surface area (Å²) < 4.78 is 5.25. The van der Waals surface area contributed by atoms with Gasteiger partial charge < -0.3 is 20.1 Å². The number of ether oxygens (including phenoxy) is 1. The summed E-state index contributed by atoms with van der Waals surface area (Å²) in [6.07, 6.45) is 10.0. The lowest BCUT2D eigenvalue weighted by atomic mass is 10.0. The summed E-state index contributed by atoms with van der Waals surface area (Å²) in [6.45, 7) is 7.35. The molecule has 6 nitrogen and oxygen atoms in total. The molecule has 0 fully saturated rings. The molecule has 3 N–H and O–H groups in total. The predicted molar refractivity (Wildman–Crippen MR) is 120 cm³/mol. The van der Waals surface area contributed by atoms with Gasteiger partial charge in [-0.1, -0.05) is 63.3 Å². The second kappa shape index (κ2) is 11.7. The predicted octanol–water partition coefficient (Wildman–Crippen LogP) is 5.54. The Labute approximate surface area is 180 Å². The molecule has 0 radical (unpaired) electrons. The molecule has 0 spiro atoms. The van der Waals surface area contributed by atoms with E-state index >= 15 is 0 Å². The Kier molecular flexibility index (Phi) is 9.37. The fraction of sp³-hybridized carbons (Fsp3) is 0.583. The number of aromatic nitrogens is 2. The highest BCUT2D eigenvalue weighted by Gasteiger charge is 2.22. The molecule has 2 aromatic rings. The quantitative estimate of drug-likeness (QED) is 0.421. The maximum Gasteiger partial charge on any atom is 0.408 e. The van der Waals surface area contributed by atoms with Crippen molar-refractivity contribution in [3.8, 4) is 11.3 Å². The van der Waals surface area contributed by atoms with Crippen LogP contribution < -0.4 is 5.32 Å². The van der Waals surface area contributed by atoms with Gasteiger partial charge in [-0.2, -0.15) is 0 Å². The average molecular weight is 416 g/mol. The Morgan fingerprint density at radius 3 is 2.43 bits per heavy atom. The molecule has 0 aliphatic carbocycles. The number of aliphatic hydroxyl groups excluding tert-OH is 1. The topological polar surface area (TPSA) is 87.2 Å². The van der Waals surface area contributed by atoms with E-state index in [1.165, 1.54) is 44.1 Å². The lowest BCUT2D eigenvalue weighted by molar-refractivity contribution is 0.0478. The molecule has 30 heavy (non-hydrogen) atoms. The third-order valence-corrected chi connectivity index (χ3v) is 4.88. The summed E-state index contributed by atoms with van der Waals surface area (Å²) in [4.78, 5) is 19.5. The zero-order valence-corrected chi connectivity index (χ0v) is 18.8. The second-order valence-corrected chi connectivity index (χ2v) is 8.78. The van der Waals surface area contributed by atoms with Gasteiger partial charge in [0.25, 0.3) is 0 Å². The molecule has 2 rings (SSSR count). The van der Waals surface area contributed by atoms with Crippen molar-refractivity contribution >= 4 is 6.09 Å². The highest BCUT2D eigenvalue weighted by molar-refractivity contribution is 5.68. The van der Waals surface area contributed by atoms with Crippen molar-refractivity contribution in [2.45, 2.75) is 84.3 Å². The lowest BCUT2D eigenvalue weighted by Gasteiger charge is -2.22. The van der Waals surface area contributed by atoms with Crippen LogP contribution in [0, 0.1) is 0 Å². The number of amides is 1. The van der Waals surface area contributed by atoms with E-state index in [2.05, 4.69) is 46.5 Å². The number of unbranched alkanes of at least 4 members (excludes halogenated alkanes) is 5. The van der Waals surface area contributed by atoms with Crippen molar-refractivity contribution in [3.63, 3.8) is 0 Å². The third-order valence-electron chi connectivity index (χ3n) is 4.88. The summed E-state index contributed by atoms with van der Waals surface area (Å²) >= 11 is 0. The van der Waals surface area contributed by atoms with Gasteiger partial charge in [0.1, 0.15) is 17.5 Å². The van der Waals surface area contributed by atoms with E-state index in [0.717, 1.165) is 17.7 Å². The summed E-state index contributed by atoms with van der Waals surface area (Å²) in [5.74, 6) is 0.495. The summed E-state index contributed by atoms with van der Waals surface area (Å²) in [6, 6.07) is 7.83. The molecule has 0 unspecified atom stereocenters.